The Morgan fingerprint density at radius 3 is 2.36 bits per heavy atom. The number of nitrogens with one attached hydrogen (secondary N) is 1. The third kappa shape index (κ3) is 7.87. The van der Waals surface area contributed by atoms with Crippen LogP contribution in [0.1, 0.15) is 65.8 Å². The summed E-state index contributed by atoms with van der Waals surface area (Å²) in [7, 11) is -2.09. The number of aromatic nitrogens is 3. The van der Waals surface area contributed by atoms with Gasteiger partial charge in [0, 0.05) is 30.7 Å². The summed E-state index contributed by atoms with van der Waals surface area (Å²) >= 11 is 0. The van der Waals surface area contributed by atoms with E-state index in [1.165, 1.54) is 0 Å². The number of aryl methyl sites for hydroxylation is 2. The van der Waals surface area contributed by atoms with Gasteiger partial charge in [0.25, 0.3) is 0 Å². The highest BCUT2D eigenvalue weighted by molar-refractivity contribution is 6.74. The van der Waals surface area contributed by atoms with Crippen LogP contribution in [0.2, 0.25) is 18.1 Å². The zero-order valence-corrected chi connectivity index (χ0v) is 29.1. The highest BCUT2D eigenvalue weighted by Crippen LogP contribution is 2.40. The van der Waals surface area contributed by atoms with Gasteiger partial charge in [-0.1, -0.05) is 58.8 Å². The van der Waals surface area contributed by atoms with E-state index in [2.05, 4.69) is 77.0 Å². The largest absolute Gasteiger partial charge is 0.487 e. The molecule has 1 radical (unpaired) electrons. The molecule has 44 heavy (non-hydrogen) atoms. The number of rotatable bonds is 10. The lowest BCUT2D eigenvalue weighted by molar-refractivity contribution is 0.000980. The second kappa shape index (κ2) is 13.3. The van der Waals surface area contributed by atoms with Gasteiger partial charge in [0.1, 0.15) is 23.3 Å². The first-order chi connectivity index (χ1) is 20.5. The van der Waals surface area contributed by atoms with Crippen LogP contribution in [0.15, 0.2) is 28.8 Å². The molecule has 0 amide bonds. The van der Waals surface area contributed by atoms with Crippen LogP contribution < -0.4 is 10.1 Å². The molecule has 8 nitrogen and oxygen atoms in total. The van der Waals surface area contributed by atoms with Crippen molar-refractivity contribution in [3.05, 3.63) is 48.5 Å². The van der Waals surface area contributed by atoms with Crippen LogP contribution >= 0.6 is 0 Å². The molecule has 0 spiro atoms. The van der Waals surface area contributed by atoms with Crippen LogP contribution in [0, 0.1) is 37.9 Å². The van der Waals surface area contributed by atoms with E-state index in [0.29, 0.717) is 59.8 Å². The Balaban J connectivity index is 1.69. The predicted molar refractivity (Wildman–Crippen MR) is 176 cm³/mol. The van der Waals surface area contributed by atoms with Gasteiger partial charge in [0.15, 0.2) is 25.8 Å². The van der Waals surface area contributed by atoms with E-state index >= 15 is 4.39 Å². The normalized spacial score (nSPS) is 16.5. The van der Waals surface area contributed by atoms with Gasteiger partial charge in [-0.05, 0) is 69.8 Å². The van der Waals surface area contributed by atoms with Crippen molar-refractivity contribution in [2.45, 2.75) is 98.6 Å². The summed E-state index contributed by atoms with van der Waals surface area (Å²) < 4.78 is 40.2. The van der Waals surface area contributed by atoms with Gasteiger partial charge in [-0.2, -0.15) is 0 Å². The molecule has 3 aromatic rings. The van der Waals surface area contributed by atoms with Crippen molar-refractivity contribution in [2.75, 3.05) is 25.1 Å². The second-order valence-corrected chi connectivity index (χ2v) is 19.3. The maximum absolute atomic E-state index is 16.0. The third-order valence-electron chi connectivity index (χ3n) is 8.82. The Labute approximate surface area is 263 Å². The average Bonchev–Trinajstić information content (AvgIpc) is 3.27. The van der Waals surface area contributed by atoms with Gasteiger partial charge in [-0.25, -0.2) is 14.4 Å². The molecule has 2 aromatic heterocycles. The van der Waals surface area contributed by atoms with E-state index in [9.17, 15) is 0 Å². The fourth-order valence-corrected chi connectivity index (χ4v) is 6.39. The lowest BCUT2D eigenvalue weighted by Gasteiger charge is -2.43. The summed E-state index contributed by atoms with van der Waals surface area (Å²) in [5.74, 6) is 1.50. The first kappa shape index (κ1) is 34.1. The molecule has 1 aromatic carbocycles. The Morgan fingerprint density at radius 1 is 1.09 bits per heavy atom. The number of hydrogen-bond donors (Lipinski definition) is 1. The summed E-state index contributed by atoms with van der Waals surface area (Å²) in [4.78, 5) is 9.38. The van der Waals surface area contributed by atoms with Crippen molar-refractivity contribution in [2.24, 2.45) is 11.3 Å². The Hall–Kier alpha value is -2.82. The molecule has 1 saturated heterocycles. The van der Waals surface area contributed by atoms with Crippen molar-refractivity contribution >= 4 is 14.1 Å². The fourth-order valence-electron chi connectivity index (χ4n) is 5.15. The van der Waals surface area contributed by atoms with E-state index in [4.69, 9.17) is 23.4 Å². The lowest BCUT2D eigenvalue weighted by Crippen LogP contribution is -2.50. The molecule has 1 N–H and O–H groups in total. The first-order valence-corrected chi connectivity index (χ1v) is 18.5. The second-order valence-electron chi connectivity index (χ2n) is 14.5. The number of anilines is 1. The predicted octanol–water partition coefficient (Wildman–Crippen LogP) is 8.41. The molecule has 2 unspecified atom stereocenters. The zero-order valence-electron chi connectivity index (χ0n) is 28.1. The maximum Gasteiger partial charge on any atom is 0.192 e. The van der Waals surface area contributed by atoms with E-state index in [0.717, 1.165) is 12.8 Å². The Morgan fingerprint density at radius 2 is 1.77 bits per heavy atom. The van der Waals surface area contributed by atoms with Crippen LogP contribution in [0.4, 0.5) is 10.2 Å². The minimum absolute atomic E-state index is 0.0423. The number of hydrogen-bond acceptors (Lipinski definition) is 8. The third-order valence-corrected chi connectivity index (χ3v) is 13.3. The molecule has 241 valence electrons. The molecule has 0 saturated carbocycles. The van der Waals surface area contributed by atoms with Gasteiger partial charge in [0.05, 0.1) is 17.4 Å². The zero-order chi connectivity index (χ0) is 32.4. The number of nitrogens with zero attached hydrogens (tertiary/aromatic N) is 3. The molecule has 2 atom stereocenters. The molecular formula is C34H50FN4O4Si. The van der Waals surface area contributed by atoms with Crippen LogP contribution in [0.5, 0.6) is 5.75 Å². The molecule has 1 aliphatic heterocycles. The monoisotopic (exact) mass is 625 g/mol. The molecule has 4 rings (SSSR count). The highest BCUT2D eigenvalue weighted by atomic mass is 28.4. The van der Waals surface area contributed by atoms with E-state index in [1.54, 1.807) is 13.8 Å². The van der Waals surface area contributed by atoms with Gasteiger partial charge in [0.2, 0.25) is 0 Å². The van der Waals surface area contributed by atoms with Crippen molar-refractivity contribution in [1.82, 2.24) is 15.1 Å². The summed E-state index contributed by atoms with van der Waals surface area (Å²) in [6.45, 7) is 27.5. The summed E-state index contributed by atoms with van der Waals surface area (Å²) in [5, 5.41) is 7.35. The Bertz CT molecular complexity index is 1400. The van der Waals surface area contributed by atoms with E-state index < -0.39 is 14.1 Å². The average molecular weight is 626 g/mol. The van der Waals surface area contributed by atoms with Crippen molar-refractivity contribution in [3.8, 4) is 28.4 Å². The smallest absolute Gasteiger partial charge is 0.192 e. The molecule has 1 aliphatic rings. The molecular weight excluding hydrogens is 575 g/mol. The fraction of sp³-hybridized carbons (Fsp3) is 0.588. The van der Waals surface area contributed by atoms with Crippen molar-refractivity contribution in [1.29, 1.82) is 0 Å². The standard InChI is InChI=1S/C34H50FN4O4Si/c1-21-27(22(2)42-39-21)29-28(35)32(36-20-24-15-17-40-18-16-24)38-31(37-29)25-13-12-14-26(19-25)41-30(33(4,5)6)23(3)43-44(10,11)34(7,8)9/h12-14,19,23-24,30H,3,15-18,20H2,1-2,4-11H3,(H,36,37,38). The number of ether oxygens (including phenoxy) is 2. The molecule has 3 heterocycles. The minimum Gasteiger partial charge on any atom is -0.487 e. The topological polar surface area (TPSA) is 91.5 Å². The van der Waals surface area contributed by atoms with Gasteiger partial charge >= 0.3 is 0 Å². The quantitative estimate of drug-likeness (QED) is 0.225. The SMILES string of the molecule is [CH2]C(O[Si](C)(C)C(C)(C)C)C(Oc1cccc(-c2nc(NCC3CCOCC3)c(F)c(-c3c(C)noc3C)n2)c1)C(C)(C)C. The first-order valence-electron chi connectivity index (χ1n) is 15.6. The molecule has 1 fully saturated rings. The van der Waals surface area contributed by atoms with Crippen LogP contribution in [-0.2, 0) is 9.16 Å². The Kier molecular flexibility index (Phi) is 10.3. The molecule has 10 heteroatoms. The van der Waals surface area contributed by atoms with Crippen LogP contribution in [0.25, 0.3) is 22.6 Å². The van der Waals surface area contributed by atoms with Gasteiger partial charge in [-0.3, -0.25) is 0 Å². The minimum atomic E-state index is -2.09. The lowest BCUT2D eigenvalue weighted by atomic mass is 9.86. The maximum atomic E-state index is 16.0. The summed E-state index contributed by atoms with van der Waals surface area (Å²) in [5.41, 5.74) is 1.69. The van der Waals surface area contributed by atoms with E-state index in [1.807, 2.05) is 24.3 Å². The number of benzene rings is 1. The van der Waals surface area contributed by atoms with Gasteiger partial charge < -0.3 is 23.7 Å². The van der Waals surface area contributed by atoms with Crippen molar-refractivity contribution in [3.63, 3.8) is 0 Å². The summed E-state index contributed by atoms with van der Waals surface area (Å²) in [6, 6.07) is 7.60. The van der Waals surface area contributed by atoms with Gasteiger partial charge in [-0.15, -0.1) is 0 Å². The van der Waals surface area contributed by atoms with Crippen LogP contribution in [-0.4, -0.2) is 55.4 Å². The number of halogens is 1. The molecule has 0 aliphatic carbocycles. The van der Waals surface area contributed by atoms with Crippen molar-refractivity contribution < 1.29 is 22.8 Å². The molecule has 0 bridgehead atoms. The summed E-state index contributed by atoms with van der Waals surface area (Å²) in [6.07, 6.45) is 1.14. The van der Waals surface area contributed by atoms with E-state index in [-0.39, 0.29) is 34.2 Å². The highest BCUT2D eigenvalue weighted by Gasteiger charge is 2.42. The van der Waals surface area contributed by atoms with Crippen LogP contribution in [0.3, 0.4) is 0 Å².